The molecule has 1 aliphatic carbocycles. The number of nitrogens with one attached hydrogen (secondary N) is 2. The summed E-state index contributed by atoms with van der Waals surface area (Å²) in [5.74, 6) is 0.625. The van der Waals surface area contributed by atoms with Crippen molar-refractivity contribution in [2.45, 2.75) is 43.5 Å². The van der Waals surface area contributed by atoms with E-state index in [-0.39, 0.29) is 36.5 Å². The number of methoxy groups -OCH3 is 1. The molecule has 2 N–H and O–H groups in total. The zero-order valence-electron chi connectivity index (χ0n) is 18.2. The highest BCUT2D eigenvalue weighted by atomic mass is 32.2. The third-order valence-electron chi connectivity index (χ3n) is 6.08. The van der Waals surface area contributed by atoms with E-state index >= 15 is 0 Å². The molecular weight excluding hydrogens is 420 g/mol. The van der Waals surface area contributed by atoms with E-state index in [9.17, 15) is 18.0 Å². The second-order valence-corrected chi connectivity index (χ2v) is 10.2. The summed E-state index contributed by atoms with van der Waals surface area (Å²) in [5.41, 5.74) is 0. The van der Waals surface area contributed by atoms with Crippen molar-refractivity contribution < 1.29 is 22.7 Å². The lowest BCUT2D eigenvalue weighted by atomic mass is 9.86. The number of urea groups is 1. The maximum absolute atomic E-state index is 12.8. The molecule has 0 bridgehead atoms. The molecule has 1 aromatic carbocycles. The molecule has 0 radical (unpaired) electrons. The van der Waals surface area contributed by atoms with Gasteiger partial charge in [-0.15, -0.1) is 0 Å². The largest absolute Gasteiger partial charge is 0.497 e. The van der Waals surface area contributed by atoms with E-state index in [4.69, 9.17) is 4.74 Å². The molecule has 1 aliphatic heterocycles. The number of benzene rings is 1. The fourth-order valence-corrected chi connectivity index (χ4v) is 5.55. The molecule has 1 saturated heterocycles. The van der Waals surface area contributed by atoms with Gasteiger partial charge in [0.1, 0.15) is 5.75 Å². The molecule has 2 aliphatic rings. The quantitative estimate of drug-likeness (QED) is 0.676. The lowest BCUT2D eigenvalue weighted by Crippen LogP contribution is -2.53. The Bertz CT molecular complexity index is 866. The van der Waals surface area contributed by atoms with Gasteiger partial charge >= 0.3 is 6.03 Å². The van der Waals surface area contributed by atoms with Gasteiger partial charge in [-0.05, 0) is 43.0 Å². The van der Waals surface area contributed by atoms with Gasteiger partial charge in [0.2, 0.25) is 15.9 Å². The SMILES string of the molecule is COc1ccc(S(=O)(=O)N2CCN(CC(=O)NC(=O)NC3CCCCC3C)CC2)cc1. The minimum Gasteiger partial charge on any atom is -0.497 e. The summed E-state index contributed by atoms with van der Waals surface area (Å²) in [7, 11) is -2.07. The molecule has 0 aromatic heterocycles. The summed E-state index contributed by atoms with van der Waals surface area (Å²) in [6.07, 6.45) is 4.29. The van der Waals surface area contributed by atoms with Crippen LogP contribution in [-0.4, -0.2) is 75.4 Å². The number of carbonyl (C=O) groups is 2. The van der Waals surface area contributed by atoms with E-state index in [0.29, 0.717) is 24.8 Å². The molecule has 2 unspecified atom stereocenters. The highest BCUT2D eigenvalue weighted by Gasteiger charge is 2.29. The minimum absolute atomic E-state index is 0.0596. The highest BCUT2D eigenvalue weighted by Crippen LogP contribution is 2.23. The van der Waals surface area contributed by atoms with E-state index in [1.807, 2.05) is 4.90 Å². The molecule has 0 spiro atoms. The monoisotopic (exact) mass is 452 g/mol. The number of imide groups is 1. The second kappa shape index (κ2) is 10.4. The lowest BCUT2D eigenvalue weighted by Gasteiger charge is -2.33. The Morgan fingerprint density at radius 1 is 1.06 bits per heavy atom. The molecule has 2 fully saturated rings. The first kappa shape index (κ1) is 23.5. The number of carbonyl (C=O) groups excluding carboxylic acids is 2. The summed E-state index contributed by atoms with van der Waals surface area (Å²) in [4.78, 5) is 26.5. The molecule has 3 rings (SSSR count). The molecule has 3 amide bonds. The van der Waals surface area contributed by atoms with Crippen LogP contribution in [0.15, 0.2) is 29.2 Å². The average Bonchev–Trinajstić information content (AvgIpc) is 2.75. The lowest BCUT2D eigenvalue weighted by molar-refractivity contribution is -0.121. The van der Waals surface area contributed by atoms with Crippen LogP contribution in [0.25, 0.3) is 0 Å². The van der Waals surface area contributed by atoms with Crippen LogP contribution in [0, 0.1) is 5.92 Å². The molecule has 1 saturated carbocycles. The first-order valence-electron chi connectivity index (χ1n) is 10.8. The number of rotatable bonds is 6. The summed E-state index contributed by atoms with van der Waals surface area (Å²) in [6, 6.07) is 5.94. The number of ether oxygens (including phenoxy) is 1. The topological polar surface area (TPSA) is 108 Å². The van der Waals surface area contributed by atoms with Crippen LogP contribution in [0.3, 0.4) is 0 Å². The summed E-state index contributed by atoms with van der Waals surface area (Å²) < 4.78 is 32.1. The van der Waals surface area contributed by atoms with Gasteiger partial charge in [0.05, 0.1) is 18.6 Å². The first-order chi connectivity index (χ1) is 14.8. The van der Waals surface area contributed by atoms with E-state index < -0.39 is 16.1 Å². The smallest absolute Gasteiger partial charge is 0.321 e. The minimum atomic E-state index is -3.59. The van der Waals surface area contributed by atoms with Gasteiger partial charge in [0.25, 0.3) is 0 Å². The van der Waals surface area contributed by atoms with Crippen molar-refractivity contribution in [1.29, 1.82) is 0 Å². The van der Waals surface area contributed by atoms with E-state index in [1.165, 1.54) is 30.0 Å². The number of piperazine rings is 1. The van der Waals surface area contributed by atoms with Crippen molar-refractivity contribution in [3.63, 3.8) is 0 Å². The molecule has 2 atom stereocenters. The van der Waals surface area contributed by atoms with Crippen molar-refractivity contribution in [1.82, 2.24) is 19.8 Å². The van der Waals surface area contributed by atoms with Crippen LogP contribution < -0.4 is 15.4 Å². The maximum atomic E-state index is 12.8. The van der Waals surface area contributed by atoms with Crippen molar-refractivity contribution in [2.24, 2.45) is 5.92 Å². The second-order valence-electron chi connectivity index (χ2n) is 8.25. The average molecular weight is 453 g/mol. The fourth-order valence-electron chi connectivity index (χ4n) is 4.13. The molecule has 31 heavy (non-hydrogen) atoms. The van der Waals surface area contributed by atoms with Gasteiger partial charge in [-0.2, -0.15) is 4.31 Å². The van der Waals surface area contributed by atoms with Crippen molar-refractivity contribution >= 4 is 22.0 Å². The predicted octanol–water partition coefficient (Wildman–Crippen LogP) is 1.41. The van der Waals surface area contributed by atoms with E-state index in [2.05, 4.69) is 17.6 Å². The Morgan fingerprint density at radius 3 is 2.32 bits per heavy atom. The zero-order chi connectivity index (χ0) is 22.4. The van der Waals surface area contributed by atoms with E-state index in [1.54, 1.807) is 12.1 Å². The van der Waals surface area contributed by atoms with E-state index in [0.717, 1.165) is 19.3 Å². The van der Waals surface area contributed by atoms with Crippen molar-refractivity contribution in [3.05, 3.63) is 24.3 Å². The van der Waals surface area contributed by atoms with Crippen LogP contribution in [0.4, 0.5) is 4.79 Å². The van der Waals surface area contributed by atoms with Crippen LogP contribution in [0.2, 0.25) is 0 Å². The normalized spacial score (nSPS) is 23.2. The highest BCUT2D eigenvalue weighted by molar-refractivity contribution is 7.89. The molecule has 1 heterocycles. The maximum Gasteiger partial charge on any atom is 0.321 e. The summed E-state index contributed by atoms with van der Waals surface area (Å²) >= 11 is 0. The van der Waals surface area contributed by atoms with Crippen molar-refractivity contribution in [2.75, 3.05) is 39.8 Å². The number of hydrogen-bond acceptors (Lipinski definition) is 6. The molecule has 9 nitrogen and oxygen atoms in total. The van der Waals surface area contributed by atoms with Crippen molar-refractivity contribution in [3.8, 4) is 5.75 Å². The van der Waals surface area contributed by atoms with Crippen LogP contribution in [-0.2, 0) is 14.8 Å². The predicted molar refractivity (Wildman–Crippen MR) is 116 cm³/mol. The van der Waals surface area contributed by atoms with Gasteiger partial charge in [-0.25, -0.2) is 13.2 Å². The van der Waals surface area contributed by atoms with Gasteiger partial charge in [-0.1, -0.05) is 19.8 Å². The Hall–Kier alpha value is -2.17. The Balaban J connectivity index is 1.44. The number of sulfonamides is 1. The van der Waals surface area contributed by atoms with Gasteiger partial charge in [0.15, 0.2) is 0 Å². The third kappa shape index (κ3) is 6.18. The summed E-state index contributed by atoms with van der Waals surface area (Å²) in [6.45, 7) is 3.59. The Morgan fingerprint density at radius 2 is 1.71 bits per heavy atom. The Labute approximate surface area is 184 Å². The molecular formula is C21H32N4O5S. The number of hydrogen-bond donors (Lipinski definition) is 2. The molecule has 10 heteroatoms. The first-order valence-corrected chi connectivity index (χ1v) is 12.2. The van der Waals surface area contributed by atoms with Gasteiger partial charge in [-0.3, -0.25) is 15.0 Å². The number of nitrogens with zero attached hydrogens (tertiary/aromatic N) is 2. The Kier molecular flexibility index (Phi) is 7.90. The zero-order valence-corrected chi connectivity index (χ0v) is 19.0. The summed E-state index contributed by atoms with van der Waals surface area (Å²) in [5, 5.41) is 5.30. The third-order valence-corrected chi connectivity index (χ3v) is 7.99. The van der Waals surface area contributed by atoms with Gasteiger partial charge < -0.3 is 10.1 Å². The number of amides is 3. The fraction of sp³-hybridized carbons (Fsp3) is 0.619. The standard InChI is InChI=1S/C21H32N4O5S/c1-16-5-3-4-6-19(16)22-21(27)23-20(26)15-24-11-13-25(14-12-24)31(28,29)18-9-7-17(30-2)8-10-18/h7-10,16,19H,3-6,11-15H2,1-2H3,(H2,22,23,26,27). The van der Waals surface area contributed by atoms with Crippen LogP contribution in [0.5, 0.6) is 5.75 Å². The molecule has 172 valence electrons. The van der Waals surface area contributed by atoms with Gasteiger partial charge in [0, 0.05) is 32.2 Å². The van der Waals surface area contributed by atoms with Crippen LogP contribution in [0.1, 0.15) is 32.6 Å². The molecule has 1 aromatic rings. The van der Waals surface area contributed by atoms with Crippen LogP contribution >= 0.6 is 0 Å².